The molecule has 3 aliphatic rings. The fourth-order valence-corrected chi connectivity index (χ4v) is 4.91. The third kappa shape index (κ3) is 3.96. The second-order valence-corrected chi connectivity index (χ2v) is 8.89. The predicted octanol–water partition coefficient (Wildman–Crippen LogP) is 3.31. The van der Waals surface area contributed by atoms with E-state index in [1.165, 1.54) is 0 Å². The van der Waals surface area contributed by atoms with Crippen molar-refractivity contribution in [1.82, 2.24) is 15.2 Å². The minimum absolute atomic E-state index is 0.00358. The van der Waals surface area contributed by atoms with Crippen molar-refractivity contribution in [2.24, 2.45) is 11.3 Å². The number of benzene rings is 1. The number of hydrogen-bond acceptors (Lipinski definition) is 5. The van der Waals surface area contributed by atoms with Gasteiger partial charge in [0.15, 0.2) is 0 Å². The molecule has 1 saturated heterocycles. The third-order valence-electron chi connectivity index (χ3n) is 7.00. The number of fused-ring (bicyclic) bond motifs is 1. The maximum atomic E-state index is 12.6. The van der Waals surface area contributed by atoms with E-state index in [0.717, 1.165) is 36.0 Å². The zero-order valence-corrected chi connectivity index (χ0v) is 17.7. The zero-order chi connectivity index (χ0) is 22.1. The fraction of sp³-hybridized carbons (Fsp3) is 0.360. The highest BCUT2D eigenvalue weighted by Gasteiger charge is 2.55. The van der Waals surface area contributed by atoms with Crippen LogP contribution >= 0.6 is 0 Å². The summed E-state index contributed by atoms with van der Waals surface area (Å²) in [5, 5.41) is 12.1. The lowest BCUT2D eigenvalue weighted by atomic mass is 9.91. The molecule has 1 atom stereocenters. The van der Waals surface area contributed by atoms with Crippen molar-refractivity contribution in [3.05, 3.63) is 65.0 Å². The van der Waals surface area contributed by atoms with Crippen LogP contribution in [0, 0.1) is 22.7 Å². The largest absolute Gasteiger partial charge is 0.415 e. The van der Waals surface area contributed by atoms with E-state index in [4.69, 9.17) is 10.00 Å². The molecule has 2 fully saturated rings. The first-order chi connectivity index (χ1) is 15.6. The molecule has 2 heterocycles. The van der Waals surface area contributed by atoms with Crippen molar-refractivity contribution < 1.29 is 14.3 Å². The van der Waals surface area contributed by atoms with Gasteiger partial charge in [0, 0.05) is 44.0 Å². The number of nitriles is 1. The molecule has 5 rings (SSSR count). The summed E-state index contributed by atoms with van der Waals surface area (Å²) in [5.74, 6) is 0.854. The number of piperidine rings is 1. The molecular formula is C25H24N4O3. The van der Waals surface area contributed by atoms with Crippen LogP contribution in [0.4, 0.5) is 4.79 Å². The molecule has 2 amide bonds. The Hall–Kier alpha value is -3.66. The van der Waals surface area contributed by atoms with E-state index >= 15 is 0 Å². The highest BCUT2D eigenvalue weighted by atomic mass is 16.6. The second kappa shape index (κ2) is 8.12. The number of nitrogens with one attached hydrogen (secondary N) is 1. The molecule has 0 radical (unpaired) electrons. The SMILES string of the molecule is N#Cc1cccc(OC(=O)N2CCC3(CC2)CC3CNC(=O)C2=Cc3cnccc3C2)c1. The van der Waals surface area contributed by atoms with Crippen LogP contribution in [0.2, 0.25) is 0 Å². The summed E-state index contributed by atoms with van der Waals surface area (Å²) < 4.78 is 5.44. The molecule has 7 heteroatoms. The van der Waals surface area contributed by atoms with Crippen LogP contribution in [0.15, 0.2) is 48.3 Å². The standard InChI is InChI=1S/C25H24N4O3/c26-14-17-2-1-3-22(10-17)32-24(31)29-8-5-25(6-9-29)13-21(25)16-28-23(30)19-11-18-4-7-27-15-20(18)12-19/h1-4,7,10,12,15,21H,5-6,8-9,11,13,16H2,(H,28,30). The van der Waals surface area contributed by atoms with Crippen molar-refractivity contribution in [2.45, 2.75) is 25.7 Å². The van der Waals surface area contributed by atoms with E-state index in [1.54, 1.807) is 41.6 Å². The molecule has 1 spiro atoms. The molecule has 162 valence electrons. The van der Waals surface area contributed by atoms with Gasteiger partial charge in [-0.05, 0) is 72.1 Å². The van der Waals surface area contributed by atoms with Crippen molar-refractivity contribution in [3.8, 4) is 11.8 Å². The summed E-state index contributed by atoms with van der Waals surface area (Å²) in [6.07, 6.45) is 8.69. The highest BCUT2D eigenvalue weighted by molar-refractivity contribution is 6.00. The van der Waals surface area contributed by atoms with Gasteiger partial charge in [-0.15, -0.1) is 0 Å². The number of ether oxygens (including phenoxy) is 1. The van der Waals surface area contributed by atoms with E-state index in [2.05, 4.69) is 10.3 Å². The summed E-state index contributed by atoms with van der Waals surface area (Å²) in [6, 6.07) is 10.6. The molecular weight excluding hydrogens is 404 g/mol. The van der Waals surface area contributed by atoms with Gasteiger partial charge in [-0.25, -0.2) is 4.79 Å². The number of rotatable bonds is 4. The van der Waals surface area contributed by atoms with Gasteiger partial charge in [0.25, 0.3) is 0 Å². The van der Waals surface area contributed by atoms with Crippen LogP contribution < -0.4 is 10.1 Å². The molecule has 7 nitrogen and oxygen atoms in total. The first-order valence-corrected chi connectivity index (χ1v) is 10.9. The van der Waals surface area contributed by atoms with Crippen LogP contribution in [-0.2, 0) is 11.2 Å². The van der Waals surface area contributed by atoms with Gasteiger partial charge >= 0.3 is 6.09 Å². The Morgan fingerprint density at radius 2 is 2.12 bits per heavy atom. The first-order valence-electron chi connectivity index (χ1n) is 10.9. The number of amides is 2. The van der Waals surface area contributed by atoms with Crippen molar-refractivity contribution in [2.75, 3.05) is 19.6 Å². The van der Waals surface area contributed by atoms with E-state index in [-0.39, 0.29) is 17.4 Å². The summed E-state index contributed by atoms with van der Waals surface area (Å²) in [4.78, 5) is 30.9. The molecule has 1 aromatic heterocycles. The third-order valence-corrected chi connectivity index (χ3v) is 7.00. The molecule has 1 saturated carbocycles. The van der Waals surface area contributed by atoms with Gasteiger partial charge in [0.05, 0.1) is 11.6 Å². The van der Waals surface area contributed by atoms with Crippen LogP contribution in [0.5, 0.6) is 5.75 Å². The Labute approximate surface area is 186 Å². The van der Waals surface area contributed by atoms with Gasteiger partial charge in [0.1, 0.15) is 5.75 Å². The smallest absolute Gasteiger partial charge is 0.410 e. The summed E-state index contributed by atoms with van der Waals surface area (Å²) >= 11 is 0. The normalized spacial score (nSPS) is 20.2. The molecule has 2 aromatic rings. The van der Waals surface area contributed by atoms with Crippen LogP contribution in [0.3, 0.4) is 0 Å². The quantitative estimate of drug-likeness (QED) is 0.806. The van der Waals surface area contributed by atoms with Crippen LogP contribution in [-0.4, -0.2) is 41.5 Å². The minimum atomic E-state index is -0.373. The number of hydrogen-bond donors (Lipinski definition) is 1. The average molecular weight is 428 g/mol. The lowest BCUT2D eigenvalue weighted by Gasteiger charge is -2.32. The molecule has 1 aromatic carbocycles. The second-order valence-electron chi connectivity index (χ2n) is 8.89. The number of nitrogens with zero attached hydrogens (tertiary/aromatic N) is 3. The number of carbonyl (C=O) groups is 2. The first kappa shape index (κ1) is 20.3. The maximum Gasteiger partial charge on any atom is 0.415 e. The molecule has 1 aliphatic heterocycles. The molecule has 0 bridgehead atoms. The Balaban J connectivity index is 1.08. The molecule has 2 aliphatic carbocycles. The van der Waals surface area contributed by atoms with E-state index in [9.17, 15) is 9.59 Å². The lowest BCUT2D eigenvalue weighted by Crippen LogP contribution is -2.41. The number of aromatic nitrogens is 1. The summed E-state index contributed by atoms with van der Waals surface area (Å²) in [6.45, 7) is 1.97. The van der Waals surface area contributed by atoms with Crippen LogP contribution in [0.25, 0.3) is 6.08 Å². The monoisotopic (exact) mass is 428 g/mol. The molecule has 32 heavy (non-hydrogen) atoms. The lowest BCUT2D eigenvalue weighted by molar-refractivity contribution is -0.117. The average Bonchev–Trinajstić information content (AvgIpc) is 3.29. The van der Waals surface area contributed by atoms with Gasteiger partial charge in [0.2, 0.25) is 5.91 Å². The Morgan fingerprint density at radius 1 is 1.28 bits per heavy atom. The maximum absolute atomic E-state index is 12.6. The van der Waals surface area contributed by atoms with E-state index < -0.39 is 0 Å². The zero-order valence-electron chi connectivity index (χ0n) is 17.7. The van der Waals surface area contributed by atoms with Crippen molar-refractivity contribution >= 4 is 18.1 Å². The topological polar surface area (TPSA) is 95.3 Å². The Bertz CT molecular complexity index is 1140. The van der Waals surface area contributed by atoms with Crippen LogP contribution in [0.1, 0.15) is 36.0 Å². The van der Waals surface area contributed by atoms with Crippen molar-refractivity contribution in [1.29, 1.82) is 5.26 Å². The number of carbonyl (C=O) groups excluding carboxylic acids is 2. The Morgan fingerprint density at radius 3 is 2.91 bits per heavy atom. The Kier molecular flexibility index (Phi) is 5.14. The summed E-state index contributed by atoms with van der Waals surface area (Å²) in [7, 11) is 0. The molecule has 1 N–H and O–H groups in total. The van der Waals surface area contributed by atoms with Gasteiger partial charge in [-0.2, -0.15) is 5.26 Å². The van der Waals surface area contributed by atoms with E-state index in [1.807, 2.05) is 18.2 Å². The van der Waals surface area contributed by atoms with Gasteiger partial charge < -0.3 is 15.0 Å². The van der Waals surface area contributed by atoms with E-state index in [0.29, 0.717) is 43.3 Å². The van der Waals surface area contributed by atoms with Gasteiger partial charge in [-0.3, -0.25) is 9.78 Å². The van der Waals surface area contributed by atoms with Gasteiger partial charge in [-0.1, -0.05) is 6.07 Å². The number of likely N-dealkylation sites (tertiary alicyclic amines) is 1. The predicted molar refractivity (Wildman–Crippen MR) is 117 cm³/mol. The number of pyridine rings is 1. The fourth-order valence-electron chi connectivity index (χ4n) is 4.91. The minimum Gasteiger partial charge on any atom is -0.410 e. The summed E-state index contributed by atoms with van der Waals surface area (Å²) in [5.41, 5.74) is 3.65. The van der Waals surface area contributed by atoms with Crippen molar-refractivity contribution in [3.63, 3.8) is 0 Å². The molecule has 1 unspecified atom stereocenters. The highest BCUT2D eigenvalue weighted by Crippen LogP contribution is 2.59.